The molecule has 1 aromatic carbocycles. The Bertz CT molecular complexity index is 717. The van der Waals surface area contributed by atoms with Gasteiger partial charge in [0, 0.05) is 24.8 Å². The largest absolute Gasteiger partial charge is 0.494 e. The van der Waals surface area contributed by atoms with Crippen molar-refractivity contribution in [1.82, 2.24) is 4.90 Å². The van der Waals surface area contributed by atoms with Crippen molar-refractivity contribution in [3.05, 3.63) is 29.8 Å². The minimum atomic E-state index is -3.02. The van der Waals surface area contributed by atoms with Crippen molar-refractivity contribution in [1.29, 1.82) is 0 Å². The van der Waals surface area contributed by atoms with Gasteiger partial charge >= 0.3 is 0 Å². The van der Waals surface area contributed by atoms with Gasteiger partial charge < -0.3 is 9.64 Å². The number of fused-ring (bicyclic) bond motifs is 2. The molecule has 0 spiro atoms. The standard InChI is InChI=1S/C19H27NO4S/c1-3-24-18-7-5-4-6-14(18)8-11-19(21)20-15-9-10-16(20)13-17(12-15)25(2,22)23/h4-7,15-17H,3,8-13H2,1-2H3. The number of amides is 1. The van der Waals surface area contributed by atoms with Gasteiger partial charge in [-0.05, 0) is 50.7 Å². The molecule has 0 saturated carbocycles. The Hall–Kier alpha value is -1.56. The van der Waals surface area contributed by atoms with Crippen LogP contribution in [0, 0.1) is 0 Å². The van der Waals surface area contributed by atoms with Crippen molar-refractivity contribution < 1.29 is 17.9 Å². The third kappa shape index (κ3) is 4.00. The van der Waals surface area contributed by atoms with Gasteiger partial charge in [-0.15, -0.1) is 0 Å². The summed E-state index contributed by atoms with van der Waals surface area (Å²) < 4.78 is 29.4. The Morgan fingerprint density at radius 1 is 1.20 bits per heavy atom. The first-order valence-corrected chi connectivity index (χ1v) is 11.1. The number of piperidine rings is 1. The van der Waals surface area contributed by atoms with Crippen molar-refractivity contribution in [3.8, 4) is 5.75 Å². The SMILES string of the molecule is CCOc1ccccc1CCC(=O)N1C2CCC1CC(S(C)(=O)=O)C2. The van der Waals surface area contributed by atoms with Crippen molar-refractivity contribution in [2.45, 2.75) is 62.8 Å². The lowest BCUT2D eigenvalue weighted by Crippen LogP contribution is -2.49. The number of hydrogen-bond donors (Lipinski definition) is 0. The fraction of sp³-hybridized carbons (Fsp3) is 0.632. The van der Waals surface area contributed by atoms with Crippen molar-refractivity contribution in [2.24, 2.45) is 0 Å². The number of aryl methyl sites for hydroxylation is 1. The second-order valence-corrected chi connectivity index (χ2v) is 9.48. The van der Waals surface area contributed by atoms with Crippen LogP contribution < -0.4 is 4.74 Å². The van der Waals surface area contributed by atoms with E-state index in [9.17, 15) is 13.2 Å². The maximum Gasteiger partial charge on any atom is 0.223 e. The summed E-state index contributed by atoms with van der Waals surface area (Å²) in [6.07, 6.45) is 5.46. The van der Waals surface area contributed by atoms with E-state index in [-0.39, 0.29) is 23.2 Å². The minimum Gasteiger partial charge on any atom is -0.494 e. The summed E-state index contributed by atoms with van der Waals surface area (Å²) in [7, 11) is -3.02. The molecule has 2 saturated heterocycles. The summed E-state index contributed by atoms with van der Waals surface area (Å²) in [6, 6.07) is 8.02. The lowest BCUT2D eigenvalue weighted by Gasteiger charge is -2.38. The molecule has 5 nitrogen and oxygen atoms in total. The molecule has 2 heterocycles. The zero-order valence-corrected chi connectivity index (χ0v) is 15.8. The smallest absolute Gasteiger partial charge is 0.223 e. The van der Waals surface area contributed by atoms with E-state index in [0.29, 0.717) is 32.3 Å². The Morgan fingerprint density at radius 2 is 1.84 bits per heavy atom. The van der Waals surface area contributed by atoms with Gasteiger partial charge in [0.25, 0.3) is 0 Å². The Kier molecular flexibility index (Phi) is 5.37. The quantitative estimate of drug-likeness (QED) is 0.777. The van der Waals surface area contributed by atoms with Crippen LogP contribution in [0.15, 0.2) is 24.3 Å². The Labute approximate surface area is 150 Å². The van der Waals surface area contributed by atoms with Crippen molar-refractivity contribution in [3.63, 3.8) is 0 Å². The van der Waals surface area contributed by atoms with Gasteiger partial charge in [0.2, 0.25) is 5.91 Å². The minimum absolute atomic E-state index is 0.0908. The van der Waals surface area contributed by atoms with Gasteiger partial charge in [0.15, 0.2) is 0 Å². The molecule has 2 bridgehead atoms. The maximum absolute atomic E-state index is 12.8. The summed E-state index contributed by atoms with van der Waals surface area (Å²) in [6.45, 7) is 2.56. The summed E-state index contributed by atoms with van der Waals surface area (Å²) in [4.78, 5) is 14.8. The lowest BCUT2D eigenvalue weighted by atomic mass is 10.0. The van der Waals surface area contributed by atoms with E-state index in [1.165, 1.54) is 6.26 Å². The predicted octanol–water partition coefficient (Wildman–Crippen LogP) is 2.58. The third-order valence-electron chi connectivity index (χ3n) is 5.46. The first-order chi connectivity index (χ1) is 11.9. The molecule has 1 aromatic rings. The second-order valence-electron chi connectivity index (χ2n) is 7.15. The van der Waals surface area contributed by atoms with Crippen molar-refractivity contribution in [2.75, 3.05) is 12.9 Å². The predicted molar refractivity (Wildman–Crippen MR) is 97.5 cm³/mol. The number of rotatable bonds is 6. The number of nitrogens with zero attached hydrogens (tertiary/aromatic N) is 1. The van der Waals surface area contributed by atoms with Crippen LogP contribution in [0.25, 0.3) is 0 Å². The lowest BCUT2D eigenvalue weighted by molar-refractivity contribution is -0.135. The van der Waals surface area contributed by atoms with E-state index < -0.39 is 9.84 Å². The number of para-hydroxylation sites is 1. The molecule has 2 atom stereocenters. The molecule has 138 valence electrons. The first kappa shape index (κ1) is 18.2. The highest BCUT2D eigenvalue weighted by Crippen LogP contribution is 2.38. The van der Waals surface area contributed by atoms with Crippen LogP contribution in [-0.2, 0) is 21.1 Å². The highest BCUT2D eigenvalue weighted by molar-refractivity contribution is 7.91. The van der Waals surface area contributed by atoms with Gasteiger partial charge in [-0.3, -0.25) is 4.79 Å². The van der Waals surface area contributed by atoms with Gasteiger partial charge in [0.1, 0.15) is 15.6 Å². The number of sulfone groups is 1. The van der Waals surface area contributed by atoms with E-state index in [2.05, 4.69) is 0 Å². The molecule has 0 radical (unpaired) electrons. The zero-order chi connectivity index (χ0) is 18.0. The Balaban J connectivity index is 1.63. The van der Waals surface area contributed by atoms with Crippen LogP contribution in [0.5, 0.6) is 5.75 Å². The second kappa shape index (κ2) is 7.36. The normalized spacial score (nSPS) is 25.8. The molecular weight excluding hydrogens is 338 g/mol. The van der Waals surface area contributed by atoms with E-state index in [4.69, 9.17) is 4.74 Å². The number of hydrogen-bond acceptors (Lipinski definition) is 4. The molecule has 0 aromatic heterocycles. The number of carbonyl (C=O) groups is 1. The van der Waals surface area contributed by atoms with Crippen LogP contribution in [-0.4, -0.2) is 49.4 Å². The number of benzene rings is 1. The highest BCUT2D eigenvalue weighted by Gasteiger charge is 2.45. The van der Waals surface area contributed by atoms with Gasteiger partial charge in [-0.2, -0.15) is 0 Å². The molecule has 6 heteroatoms. The zero-order valence-electron chi connectivity index (χ0n) is 15.0. The van der Waals surface area contributed by atoms with Crippen molar-refractivity contribution >= 4 is 15.7 Å². The molecule has 2 fully saturated rings. The third-order valence-corrected chi connectivity index (χ3v) is 7.06. The van der Waals surface area contributed by atoms with Crippen LogP contribution >= 0.6 is 0 Å². The van der Waals surface area contributed by atoms with E-state index >= 15 is 0 Å². The fourth-order valence-electron chi connectivity index (χ4n) is 4.26. The van der Waals surface area contributed by atoms with E-state index in [1.807, 2.05) is 36.1 Å². The summed E-state index contributed by atoms with van der Waals surface area (Å²) in [5, 5.41) is -0.285. The van der Waals surface area contributed by atoms with Crippen LogP contribution in [0.3, 0.4) is 0 Å². The maximum atomic E-state index is 12.8. The topological polar surface area (TPSA) is 63.7 Å². The average Bonchev–Trinajstić information content (AvgIpc) is 2.82. The van der Waals surface area contributed by atoms with Gasteiger partial charge in [-0.1, -0.05) is 18.2 Å². The first-order valence-electron chi connectivity index (χ1n) is 9.11. The monoisotopic (exact) mass is 365 g/mol. The average molecular weight is 365 g/mol. The molecule has 2 aliphatic heterocycles. The number of ether oxygens (including phenoxy) is 1. The van der Waals surface area contributed by atoms with Crippen LogP contribution in [0.2, 0.25) is 0 Å². The fourth-order valence-corrected chi connectivity index (χ4v) is 5.40. The van der Waals surface area contributed by atoms with E-state index in [1.54, 1.807) is 0 Å². The molecular formula is C19H27NO4S. The summed E-state index contributed by atoms with van der Waals surface area (Å²) >= 11 is 0. The summed E-state index contributed by atoms with van der Waals surface area (Å²) in [5.41, 5.74) is 1.05. The van der Waals surface area contributed by atoms with Gasteiger partial charge in [0.05, 0.1) is 11.9 Å². The molecule has 1 amide bonds. The number of carbonyl (C=O) groups excluding carboxylic acids is 1. The highest BCUT2D eigenvalue weighted by atomic mass is 32.2. The molecule has 0 aliphatic carbocycles. The summed E-state index contributed by atoms with van der Waals surface area (Å²) in [5.74, 6) is 0.988. The molecule has 2 aliphatic rings. The molecule has 25 heavy (non-hydrogen) atoms. The molecule has 3 rings (SSSR count). The molecule has 2 unspecified atom stereocenters. The van der Waals surface area contributed by atoms with E-state index in [0.717, 1.165) is 24.2 Å². The van der Waals surface area contributed by atoms with Crippen LogP contribution in [0.4, 0.5) is 0 Å². The molecule has 0 N–H and O–H groups in total. The van der Waals surface area contributed by atoms with Gasteiger partial charge in [-0.25, -0.2) is 8.42 Å². The van der Waals surface area contributed by atoms with Crippen LogP contribution in [0.1, 0.15) is 44.6 Å². The Morgan fingerprint density at radius 3 is 2.44 bits per heavy atom.